The Balaban J connectivity index is 2.62. The van der Waals surface area contributed by atoms with Crippen molar-refractivity contribution in [3.05, 3.63) is 42.0 Å². The molecule has 0 amide bonds. The third-order valence-corrected chi connectivity index (χ3v) is 2.15. The second kappa shape index (κ2) is 3.10. The first-order chi connectivity index (χ1) is 6.70. The minimum Gasteiger partial charge on any atom is -0.494 e. The Bertz CT molecular complexity index is 446. The van der Waals surface area contributed by atoms with Gasteiger partial charge in [-0.3, -0.25) is 4.57 Å². The molecule has 1 aromatic carbocycles. The van der Waals surface area contributed by atoms with Crippen molar-refractivity contribution in [2.24, 2.45) is 0 Å². The van der Waals surface area contributed by atoms with Gasteiger partial charge < -0.3 is 10.2 Å². The average Bonchev–Trinajstić information content (AvgIpc) is 2.43. The average molecular weight is 189 g/mol. The van der Waals surface area contributed by atoms with Gasteiger partial charge in [-0.2, -0.15) is 0 Å². The number of aromatic nitrogens is 1. The maximum Gasteiger partial charge on any atom is 0.201 e. The highest BCUT2D eigenvalue weighted by Crippen LogP contribution is 2.30. The van der Waals surface area contributed by atoms with Crippen molar-refractivity contribution in [1.29, 1.82) is 0 Å². The molecule has 1 aromatic heterocycles. The normalized spacial score (nSPS) is 10.4. The lowest BCUT2D eigenvalue weighted by Crippen LogP contribution is -1.91. The van der Waals surface area contributed by atoms with E-state index in [-0.39, 0.29) is 11.8 Å². The third-order valence-electron chi connectivity index (χ3n) is 2.15. The number of nitrogens with zero attached hydrogens (tertiary/aromatic N) is 1. The summed E-state index contributed by atoms with van der Waals surface area (Å²) >= 11 is 0. The fraction of sp³-hybridized carbons (Fsp3) is 0.0909. The molecule has 0 aliphatic carbocycles. The number of hydrogen-bond acceptors (Lipinski definition) is 2. The molecule has 0 saturated carbocycles. The van der Waals surface area contributed by atoms with E-state index in [0.717, 1.165) is 5.69 Å². The van der Waals surface area contributed by atoms with Crippen LogP contribution < -0.4 is 0 Å². The molecule has 0 atom stereocenters. The van der Waals surface area contributed by atoms with Gasteiger partial charge in [0.15, 0.2) is 5.88 Å². The summed E-state index contributed by atoms with van der Waals surface area (Å²) in [5, 5.41) is 19.2. The number of benzene rings is 1. The predicted octanol–water partition coefficient (Wildman–Crippen LogP) is 2.20. The van der Waals surface area contributed by atoms with E-state index in [1.165, 1.54) is 10.6 Å². The van der Waals surface area contributed by atoms with Crippen LogP contribution in [-0.4, -0.2) is 14.8 Å². The molecule has 0 saturated heterocycles. The van der Waals surface area contributed by atoms with E-state index in [1.54, 1.807) is 6.92 Å². The first-order valence-electron chi connectivity index (χ1n) is 4.36. The van der Waals surface area contributed by atoms with E-state index in [1.807, 2.05) is 30.3 Å². The molecule has 0 unspecified atom stereocenters. The summed E-state index contributed by atoms with van der Waals surface area (Å²) < 4.78 is 1.40. The SMILES string of the molecule is Cc1cc(O)n(-c2ccccc2)c1O. The van der Waals surface area contributed by atoms with Crippen molar-refractivity contribution in [3.63, 3.8) is 0 Å². The van der Waals surface area contributed by atoms with Gasteiger partial charge in [-0.25, -0.2) is 0 Å². The molecule has 14 heavy (non-hydrogen) atoms. The Morgan fingerprint density at radius 3 is 2.21 bits per heavy atom. The smallest absolute Gasteiger partial charge is 0.201 e. The minimum absolute atomic E-state index is 0.0474. The Labute approximate surface area is 81.9 Å². The molecular formula is C11H11NO2. The summed E-state index contributed by atoms with van der Waals surface area (Å²) in [4.78, 5) is 0. The first-order valence-corrected chi connectivity index (χ1v) is 4.36. The molecule has 0 radical (unpaired) electrons. The number of hydrogen-bond donors (Lipinski definition) is 2. The number of aryl methyl sites for hydroxylation is 1. The second-order valence-corrected chi connectivity index (χ2v) is 3.18. The minimum atomic E-state index is 0.0474. The van der Waals surface area contributed by atoms with E-state index >= 15 is 0 Å². The van der Waals surface area contributed by atoms with E-state index < -0.39 is 0 Å². The van der Waals surface area contributed by atoms with Crippen molar-refractivity contribution in [3.8, 4) is 17.4 Å². The van der Waals surface area contributed by atoms with Gasteiger partial charge in [0.2, 0.25) is 5.88 Å². The maximum absolute atomic E-state index is 9.67. The Kier molecular flexibility index (Phi) is 1.93. The highest BCUT2D eigenvalue weighted by molar-refractivity contribution is 5.45. The van der Waals surface area contributed by atoms with Crippen molar-refractivity contribution in [2.45, 2.75) is 6.92 Å². The monoisotopic (exact) mass is 189 g/mol. The standard InChI is InChI=1S/C11H11NO2/c1-8-7-10(13)12(11(8)14)9-5-3-2-4-6-9/h2-7,13-14H,1H3. The molecule has 0 bridgehead atoms. The molecular weight excluding hydrogens is 178 g/mol. The van der Waals surface area contributed by atoms with Gasteiger partial charge >= 0.3 is 0 Å². The lowest BCUT2D eigenvalue weighted by molar-refractivity contribution is 0.401. The topological polar surface area (TPSA) is 45.4 Å². The van der Waals surface area contributed by atoms with E-state index in [0.29, 0.717) is 5.56 Å². The van der Waals surface area contributed by atoms with Crippen LogP contribution in [0.3, 0.4) is 0 Å². The van der Waals surface area contributed by atoms with Gasteiger partial charge in [-0.05, 0) is 19.1 Å². The van der Waals surface area contributed by atoms with Gasteiger partial charge in [0.1, 0.15) is 0 Å². The van der Waals surface area contributed by atoms with Crippen LogP contribution in [0.15, 0.2) is 36.4 Å². The maximum atomic E-state index is 9.67. The molecule has 72 valence electrons. The van der Waals surface area contributed by atoms with Crippen molar-refractivity contribution >= 4 is 0 Å². The molecule has 2 aromatic rings. The molecule has 0 fully saturated rings. The molecule has 1 heterocycles. The molecule has 0 aliphatic rings. The summed E-state index contributed by atoms with van der Waals surface area (Å²) in [6.07, 6.45) is 0. The summed E-state index contributed by atoms with van der Waals surface area (Å²) in [5.41, 5.74) is 1.40. The van der Waals surface area contributed by atoms with Gasteiger partial charge in [-0.15, -0.1) is 0 Å². The molecule has 0 spiro atoms. The Morgan fingerprint density at radius 2 is 1.71 bits per heavy atom. The highest BCUT2D eigenvalue weighted by Gasteiger charge is 2.11. The van der Waals surface area contributed by atoms with E-state index in [4.69, 9.17) is 0 Å². The summed E-state index contributed by atoms with van der Waals surface area (Å²) in [6, 6.07) is 10.8. The van der Waals surface area contributed by atoms with Gasteiger partial charge in [0, 0.05) is 11.6 Å². The van der Waals surface area contributed by atoms with Gasteiger partial charge in [0.25, 0.3) is 0 Å². The Morgan fingerprint density at radius 1 is 1.07 bits per heavy atom. The second-order valence-electron chi connectivity index (χ2n) is 3.18. The lowest BCUT2D eigenvalue weighted by Gasteiger charge is -2.05. The quantitative estimate of drug-likeness (QED) is 0.722. The van der Waals surface area contributed by atoms with Crippen LogP contribution in [0.25, 0.3) is 5.69 Å². The van der Waals surface area contributed by atoms with E-state index in [2.05, 4.69) is 0 Å². The molecule has 2 N–H and O–H groups in total. The van der Waals surface area contributed by atoms with E-state index in [9.17, 15) is 10.2 Å². The Hall–Kier alpha value is -1.90. The van der Waals surface area contributed by atoms with Crippen LogP contribution in [0.4, 0.5) is 0 Å². The third kappa shape index (κ3) is 1.23. The fourth-order valence-corrected chi connectivity index (χ4v) is 1.44. The number of rotatable bonds is 1. The lowest BCUT2D eigenvalue weighted by atomic mass is 10.3. The summed E-state index contributed by atoms with van der Waals surface area (Å²) in [7, 11) is 0. The zero-order valence-electron chi connectivity index (χ0n) is 7.81. The van der Waals surface area contributed by atoms with Crippen molar-refractivity contribution in [2.75, 3.05) is 0 Å². The van der Waals surface area contributed by atoms with Crippen molar-refractivity contribution in [1.82, 2.24) is 4.57 Å². The zero-order chi connectivity index (χ0) is 10.1. The number of aromatic hydroxyl groups is 2. The molecule has 0 aliphatic heterocycles. The molecule has 3 nitrogen and oxygen atoms in total. The van der Waals surface area contributed by atoms with Crippen molar-refractivity contribution < 1.29 is 10.2 Å². The van der Waals surface area contributed by atoms with Gasteiger partial charge in [-0.1, -0.05) is 18.2 Å². The molecule has 3 heteroatoms. The predicted molar refractivity (Wildman–Crippen MR) is 53.8 cm³/mol. The summed E-state index contributed by atoms with van der Waals surface area (Å²) in [6.45, 7) is 1.74. The summed E-state index contributed by atoms with van der Waals surface area (Å²) in [5.74, 6) is 0.125. The van der Waals surface area contributed by atoms with Crippen LogP contribution in [0.2, 0.25) is 0 Å². The fourth-order valence-electron chi connectivity index (χ4n) is 1.44. The molecule has 2 rings (SSSR count). The van der Waals surface area contributed by atoms with Crippen LogP contribution in [0.1, 0.15) is 5.56 Å². The zero-order valence-corrected chi connectivity index (χ0v) is 7.81. The van der Waals surface area contributed by atoms with Crippen LogP contribution in [0, 0.1) is 6.92 Å². The largest absolute Gasteiger partial charge is 0.494 e. The van der Waals surface area contributed by atoms with Crippen LogP contribution in [0.5, 0.6) is 11.8 Å². The highest BCUT2D eigenvalue weighted by atomic mass is 16.3. The van der Waals surface area contributed by atoms with Crippen LogP contribution >= 0.6 is 0 Å². The van der Waals surface area contributed by atoms with Crippen LogP contribution in [-0.2, 0) is 0 Å². The first kappa shape index (κ1) is 8.69. The van der Waals surface area contributed by atoms with Gasteiger partial charge in [0.05, 0.1) is 5.69 Å². The number of para-hydroxylation sites is 1.